The second kappa shape index (κ2) is 14.6. The second-order valence-electron chi connectivity index (χ2n) is 9.52. The van der Waals surface area contributed by atoms with Gasteiger partial charge in [-0.1, -0.05) is 55.2 Å². The van der Waals surface area contributed by atoms with Crippen LogP contribution in [0.1, 0.15) is 39.2 Å². The lowest BCUT2D eigenvalue weighted by molar-refractivity contribution is -0.140. The summed E-state index contributed by atoms with van der Waals surface area (Å²) in [5.74, 6) is -0.400. The van der Waals surface area contributed by atoms with Crippen molar-refractivity contribution >= 4 is 50.7 Å². The van der Waals surface area contributed by atoms with Crippen molar-refractivity contribution in [1.29, 1.82) is 0 Å². The first-order chi connectivity index (χ1) is 19.5. The number of amides is 2. The molecule has 3 aromatic rings. The molecule has 2 atom stereocenters. The molecule has 2 amide bonds. The molecule has 11 heteroatoms. The van der Waals surface area contributed by atoms with Gasteiger partial charge in [-0.2, -0.15) is 0 Å². The number of ether oxygens (including phenoxy) is 1. The van der Waals surface area contributed by atoms with Gasteiger partial charge in [0.05, 0.1) is 17.7 Å². The molecule has 0 radical (unpaired) electrons. The van der Waals surface area contributed by atoms with Gasteiger partial charge >= 0.3 is 0 Å². The molecule has 0 aliphatic heterocycles. The molecule has 41 heavy (non-hydrogen) atoms. The first-order valence-electron chi connectivity index (χ1n) is 13.3. The molecule has 0 aromatic heterocycles. The Balaban J connectivity index is 2.06. The molecule has 0 fully saturated rings. The molecule has 1 N–H and O–H groups in total. The molecular formula is C30H35Cl2N3O5S. The van der Waals surface area contributed by atoms with Gasteiger partial charge in [0, 0.05) is 22.6 Å². The Morgan fingerprint density at radius 2 is 1.56 bits per heavy atom. The molecule has 3 rings (SSSR count). The van der Waals surface area contributed by atoms with Gasteiger partial charge in [0.25, 0.3) is 10.0 Å². The van der Waals surface area contributed by atoms with Crippen molar-refractivity contribution in [2.75, 3.05) is 18.0 Å². The van der Waals surface area contributed by atoms with E-state index in [1.165, 1.54) is 48.4 Å². The fraction of sp³-hybridized carbons (Fsp3) is 0.333. The van der Waals surface area contributed by atoms with Crippen molar-refractivity contribution in [3.8, 4) is 5.75 Å². The number of hydrogen-bond donors (Lipinski definition) is 1. The summed E-state index contributed by atoms with van der Waals surface area (Å²) in [5.41, 5.74) is 0.877. The van der Waals surface area contributed by atoms with Crippen molar-refractivity contribution in [2.24, 2.45) is 0 Å². The number of nitrogens with zero attached hydrogens (tertiary/aromatic N) is 2. The second-order valence-corrected chi connectivity index (χ2v) is 12.2. The van der Waals surface area contributed by atoms with Crippen LogP contribution in [-0.4, -0.2) is 50.9 Å². The zero-order valence-corrected chi connectivity index (χ0v) is 25.8. The first kappa shape index (κ1) is 32.2. The van der Waals surface area contributed by atoms with Gasteiger partial charge in [-0.05, 0) is 79.9 Å². The summed E-state index contributed by atoms with van der Waals surface area (Å²) in [7, 11) is -2.73. The SMILES string of the molecule is CC[C@@H](C)NC(=O)[C@H](CC)N(Cc1ccccc1Cl)C(=O)CN(c1ccc(Cl)cc1)S(=O)(=O)c1ccc(OC)cc1. The summed E-state index contributed by atoms with van der Waals surface area (Å²) in [5, 5.41) is 3.80. The van der Waals surface area contributed by atoms with E-state index in [4.69, 9.17) is 27.9 Å². The van der Waals surface area contributed by atoms with Gasteiger partial charge in [0.2, 0.25) is 11.8 Å². The van der Waals surface area contributed by atoms with Crippen LogP contribution in [0.2, 0.25) is 10.0 Å². The van der Waals surface area contributed by atoms with Crippen LogP contribution >= 0.6 is 23.2 Å². The number of carbonyl (C=O) groups excluding carboxylic acids is 2. The van der Waals surface area contributed by atoms with Gasteiger partial charge < -0.3 is 15.0 Å². The predicted molar refractivity (Wildman–Crippen MR) is 163 cm³/mol. The van der Waals surface area contributed by atoms with Gasteiger partial charge in [-0.15, -0.1) is 0 Å². The Morgan fingerprint density at radius 1 is 0.927 bits per heavy atom. The van der Waals surface area contributed by atoms with Crippen LogP contribution in [-0.2, 0) is 26.2 Å². The highest BCUT2D eigenvalue weighted by Gasteiger charge is 2.34. The Kier molecular flexibility index (Phi) is 11.5. The third-order valence-corrected chi connectivity index (χ3v) is 9.14. The quantitative estimate of drug-likeness (QED) is 0.256. The van der Waals surface area contributed by atoms with Crippen LogP contribution in [0.4, 0.5) is 5.69 Å². The maximum Gasteiger partial charge on any atom is 0.264 e. The fourth-order valence-corrected chi connectivity index (χ4v) is 5.92. The third-order valence-electron chi connectivity index (χ3n) is 6.73. The smallest absolute Gasteiger partial charge is 0.264 e. The minimum atomic E-state index is -4.22. The predicted octanol–water partition coefficient (Wildman–Crippen LogP) is 5.92. The molecule has 0 spiro atoms. The number of anilines is 1. The summed E-state index contributed by atoms with van der Waals surface area (Å²) < 4.78 is 34.0. The molecule has 0 aliphatic rings. The molecule has 0 aliphatic carbocycles. The summed E-state index contributed by atoms with van der Waals surface area (Å²) in [6.45, 7) is 5.09. The number of methoxy groups -OCH3 is 1. The van der Waals surface area contributed by atoms with E-state index >= 15 is 0 Å². The number of nitrogens with one attached hydrogen (secondary N) is 1. The van der Waals surface area contributed by atoms with E-state index in [0.717, 1.165) is 4.31 Å². The number of hydrogen-bond acceptors (Lipinski definition) is 5. The van der Waals surface area contributed by atoms with Crippen LogP contribution in [0, 0.1) is 0 Å². The van der Waals surface area contributed by atoms with E-state index < -0.39 is 28.5 Å². The Bertz CT molecular complexity index is 1430. The largest absolute Gasteiger partial charge is 0.497 e. The maximum absolute atomic E-state index is 14.1. The monoisotopic (exact) mass is 619 g/mol. The molecule has 0 saturated heterocycles. The van der Waals surface area contributed by atoms with Crippen molar-refractivity contribution in [1.82, 2.24) is 10.2 Å². The van der Waals surface area contributed by atoms with Gasteiger partial charge in [-0.3, -0.25) is 13.9 Å². The van der Waals surface area contributed by atoms with Crippen molar-refractivity contribution in [3.05, 3.63) is 88.4 Å². The zero-order chi connectivity index (χ0) is 30.2. The minimum absolute atomic E-state index is 0.0159. The summed E-state index contributed by atoms with van der Waals surface area (Å²) in [6, 6.07) is 18.1. The topological polar surface area (TPSA) is 96.0 Å². The minimum Gasteiger partial charge on any atom is -0.497 e. The van der Waals surface area contributed by atoms with E-state index in [1.807, 2.05) is 13.8 Å². The van der Waals surface area contributed by atoms with E-state index in [-0.39, 0.29) is 29.1 Å². The third kappa shape index (κ3) is 8.15. The molecule has 8 nitrogen and oxygen atoms in total. The standard InChI is InChI=1S/C30H35Cl2N3O5S/c1-5-21(3)33-30(37)28(6-2)34(19-22-9-7-8-10-27(22)32)29(36)20-35(24-13-11-23(31)12-14-24)41(38,39)26-17-15-25(40-4)16-18-26/h7-18,21,28H,5-6,19-20H2,1-4H3,(H,33,37)/t21-,28+/m1/s1. The van der Waals surface area contributed by atoms with Crippen LogP contribution in [0.5, 0.6) is 5.75 Å². The highest BCUT2D eigenvalue weighted by molar-refractivity contribution is 7.92. The van der Waals surface area contributed by atoms with E-state index in [9.17, 15) is 18.0 Å². The molecule has 0 saturated carbocycles. The van der Waals surface area contributed by atoms with Crippen LogP contribution in [0.25, 0.3) is 0 Å². The summed E-state index contributed by atoms with van der Waals surface area (Å²) >= 11 is 12.5. The van der Waals surface area contributed by atoms with Crippen molar-refractivity contribution < 1.29 is 22.7 Å². The van der Waals surface area contributed by atoms with Gasteiger partial charge in [0.15, 0.2) is 0 Å². The van der Waals surface area contributed by atoms with Crippen LogP contribution in [0.15, 0.2) is 77.7 Å². The number of rotatable bonds is 13. The first-order valence-corrected chi connectivity index (χ1v) is 15.5. The molecule has 3 aromatic carbocycles. The Morgan fingerprint density at radius 3 is 2.12 bits per heavy atom. The van der Waals surface area contributed by atoms with Gasteiger partial charge in [0.1, 0.15) is 18.3 Å². The fourth-order valence-electron chi connectivity index (χ4n) is 4.18. The average molecular weight is 621 g/mol. The van der Waals surface area contributed by atoms with Crippen molar-refractivity contribution in [2.45, 2.75) is 57.1 Å². The van der Waals surface area contributed by atoms with E-state index in [1.54, 1.807) is 43.3 Å². The summed E-state index contributed by atoms with van der Waals surface area (Å²) in [4.78, 5) is 28.8. The highest BCUT2D eigenvalue weighted by atomic mass is 35.5. The zero-order valence-electron chi connectivity index (χ0n) is 23.5. The number of sulfonamides is 1. The van der Waals surface area contributed by atoms with E-state index in [0.29, 0.717) is 34.2 Å². The van der Waals surface area contributed by atoms with Crippen LogP contribution < -0.4 is 14.4 Å². The normalized spacial score (nSPS) is 12.7. The lowest BCUT2D eigenvalue weighted by atomic mass is 10.1. The molecular weight excluding hydrogens is 585 g/mol. The van der Waals surface area contributed by atoms with Crippen molar-refractivity contribution in [3.63, 3.8) is 0 Å². The van der Waals surface area contributed by atoms with Crippen LogP contribution in [0.3, 0.4) is 0 Å². The average Bonchev–Trinajstić information content (AvgIpc) is 2.97. The number of halogens is 2. The molecule has 0 bridgehead atoms. The Labute approximate surface area is 252 Å². The Hall–Kier alpha value is -3.27. The molecule has 0 unspecified atom stereocenters. The highest BCUT2D eigenvalue weighted by Crippen LogP contribution is 2.28. The number of benzene rings is 3. The summed E-state index contributed by atoms with van der Waals surface area (Å²) in [6.07, 6.45) is 1.02. The maximum atomic E-state index is 14.1. The number of carbonyl (C=O) groups is 2. The lowest BCUT2D eigenvalue weighted by Crippen LogP contribution is -2.53. The lowest BCUT2D eigenvalue weighted by Gasteiger charge is -2.34. The molecule has 220 valence electrons. The van der Waals surface area contributed by atoms with Gasteiger partial charge in [-0.25, -0.2) is 8.42 Å². The molecule has 0 heterocycles. The van der Waals surface area contributed by atoms with E-state index in [2.05, 4.69) is 5.32 Å².